The Morgan fingerprint density at radius 3 is 2.84 bits per heavy atom. The molecule has 1 aliphatic rings. The molecular weight excluding hydrogens is 258 g/mol. The van der Waals surface area contributed by atoms with E-state index in [1.165, 1.54) is 6.92 Å². The van der Waals surface area contributed by atoms with Gasteiger partial charge in [-0.15, -0.1) is 0 Å². The molecule has 1 saturated heterocycles. The number of hydrogen-bond acceptors (Lipinski definition) is 6. The lowest BCUT2D eigenvalue weighted by molar-refractivity contribution is -0.0900. The summed E-state index contributed by atoms with van der Waals surface area (Å²) in [6, 6.07) is 1.06. The van der Waals surface area contributed by atoms with Gasteiger partial charge in [-0.2, -0.15) is 0 Å². The second-order valence-corrected chi connectivity index (χ2v) is 4.21. The number of aliphatic hydroxyl groups excluding tert-OH is 2. The van der Waals surface area contributed by atoms with Crippen LogP contribution in [0.5, 0.6) is 0 Å². The molecule has 2 heterocycles. The number of aromatic amines is 1. The van der Waals surface area contributed by atoms with Crippen LogP contribution in [0.1, 0.15) is 13.2 Å². The monoisotopic (exact) mass is 269 g/mol. The standard InChI is InChI=1S/C9H11N5O5/c1-9(12-13-10)6(17)5(16)7(19-9)14-3-2-4(15)11-8(14)18/h2-3,5-7,16-17H,1H3,(H,11,15,18)/t5-,6+,7-,9-/m1/s1. The Hall–Kier alpha value is -2.13. The summed E-state index contributed by atoms with van der Waals surface area (Å²) in [5, 5.41) is 22.9. The zero-order chi connectivity index (χ0) is 14.2. The zero-order valence-electron chi connectivity index (χ0n) is 9.79. The number of nitrogens with zero attached hydrogens (tertiary/aromatic N) is 4. The Morgan fingerprint density at radius 1 is 1.58 bits per heavy atom. The third-order valence-electron chi connectivity index (χ3n) is 2.89. The molecule has 0 saturated carbocycles. The third-order valence-corrected chi connectivity index (χ3v) is 2.89. The van der Waals surface area contributed by atoms with Crippen LogP contribution >= 0.6 is 0 Å². The van der Waals surface area contributed by atoms with Gasteiger partial charge < -0.3 is 14.9 Å². The number of aliphatic hydroxyl groups is 2. The SMILES string of the molecule is C[C@@]1(N=[N+]=[N-])O[C@@H](n2ccc(=O)[nH]c2=O)[C@H](O)[C@@H]1O. The van der Waals surface area contributed by atoms with Gasteiger partial charge in [0, 0.05) is 17.2 Å². The van der Waals surface area contributed by atoms with E-state index in [2.05, 4.69) is 10.0 Å². The van der Waals surface area contributed by atoms with Gasteiger partial charge in [-0.1, -0.05) is 5.11 Å². The lowest BCUT2D eigenvalue weighted by Crippen LogP contribution is -2.39. The van der Waals surface area contributed by atoms with Crippen LogP contribution in [0.25, 0.3) is 10.4 Å². The van der Waals surface area contributed by atoms with E-state index in [-0.39, 0.29) is 0 Å². The van der Waals surface area contributed by atoms with Gasteiger partial charge in [0.05, 0.1) is 0 Å². The summed E-state index contributed by atoms with van der Waals surface area (Å²) in [5.41, 5.74) is 5.30. The number of rotatable bonds is 2. The summed E-state index contributed by atoms with van der Waals surface area (Å²) in [7, 11) is 0. The minimum atomic E-state index is -1.70. The minimum Gasteiger partial charge on any atom is -0.387 e. The van der Waals surface area contributed by atoms with Crippen molar-refractivity contribution in [2.24, 2.45) is 5.11 Å². The summed E-state index contributed by atoms with van der Waals surface area (Å²) in [6.07, 6.45) is -3.15. The number of aromatic nitrogens is 2. The molecule has 10 nitrogen and oxygen atoms in total. The molecule has 1 aromatic heterocycles. The molecule has 2 rings (SSSR count). The second kappa shape index (κ2) is 4.52. The molecule has 10 heteroatoms. The fourth-order valence-electron chi connectivity index (χ4n) is 1.88. The van der Waals surface area contributed by atoms with Crippen molar-refractivity contribution in [2.75, 3.05) is 0 Å². The summed E-state index contributed by atoms with van der Waals surface area (Å²) in [5.74, 6) is 0. The number of H-pyrrole nitrogens is 1. The van der Waals surface area contributed by atoms with Crippen LogP contribution in [0.15, 0.2) is 27.0 Å². The first kappa shape index (κ1) is 13.3. The first-order valence-corrected chi connectivity index (χ1v) is 5.31. The average molecular weight is 269 g/mol. The van der Waals surface area contributed by atoms with Crippen LogP contribution in [-0.4, -0.2) is 37.7 Å². The molecule has 0 radical (unpaired) electrons. The van der Waals surface area contributed by atoms with E-state index in [0.717, 1.165) is 16.8 Å². The van der Waals surface area contributed by atoms with Crippen molar-refractivity contribution in [3.8, 4) is 0 Å². The molecule has 0 spiro atoms. The molecule has 4 atom stereocenters. The molecule has 0 amide bonds. The van der Waals surface area contributed by atoms with Crippen LogP contribution in [0.2, 0.25) is 0 Å². The predicted octanol–water partition coefficient (Wildman–Crippen LogP) is -1.19. The molecule has 1 aliphatic heterocycles. The Balaban J connectivity index is 2.45. The van der Waals surface area contributed by atoms with Gasteiger partial charge in [0.15, 0.2) is 12.0 Å². The zero-order valence-corrected chi connectivity index (χ0v) is 9.79. The Labute approximate surface area is 105 Å². The highest BCUT2D eigenvalue weighted by molar-refractivity contribution is 4.98. The smallest absolute Gasteiger partial charge is 0.330 e. The molecule has 0 aliphatic carbocycles. The molecule has 1 aromatic rings. The van der Waals surface area contributed by atoms with E-state index < -0.39 is 35.4 Å². The molecule has 0 bridgehead atoms. The van der Waals surface area contributed by atoms with E-state index in [1.54, 1.807) is 0 Å². The number of hydrogen-bond donors (Lipinski definition) is 3. The van der Waals surface area contributed by atoms with Gasteiger partial charge in [0.25, 0.3) is 5.56 Å². The van der Waals surface area contributed by atoms with Gasteiger partial charge in [-0.25, -0.2) is 4.79 Å². The normalized spacial score (nSPS) is 33.9. The van der Waals surface area contributed by atoms with Gasteiger partial charge in [0.2, 0.25) is 0 Å². The number of azide groups is 1. The van der Waals surface area contributed by atoms with Crippen LogP contribution in [0.4, 0.5) is 0 Å². The Kier molecular flexibility index (Phi) is 3.16. The van der Waals surface area contributed by atoms with Crippen molar-refractivity contribution in [2.45, 2.75) is 31.1 Å². The maximum Gasteiger partial charge on any atom is 0.330 e. The van der Waals surface area contributed by atoms with E-state index >= 15 is 0 Å². The molecule has 19 heavy (non-hydrogen) atoms. The van der Waals surface area contributed by atoms with Crippen molar-refractivity contribution in [3.05, 3.63) is 43.5 Å². The first-order valence-electron chi connectivity index (χ1n) is 5.31. The van der Waals surface area contributed by atoms with Gasteiger partial charge >= 0.3 is 5.69 Å². The molecule has 0 aromatic carbocycles. The molecule has 0 unspecified atom stereocenters. The maximum atomic E-state index is 11.6. The Morgan fingerprint density at radius 2 is 2.26 bits per heavy atom. The number of nitrogens with one attached hydrogen (secondary N) is 1. The Bertz CT molecular complexity index is 647. The lowest BCUT2D eigenvalue weighted by Gasteiger charge is -2.20. The summed E-state index contributed by atoms with van der Waals surface area (Å²) >= 11 is 0. The quantitative estimate of drug-likeness (QED) is 0.350. The number of ether oxygens (including phenoxy) is 1. The summed E-state index contributed by atoms with van der Waals surface area (Å²) in [6.45, 7) is 1.28. The second-order valence-electron chi connectivity index (χ2n) is 4.21. The molecular formula is C9H11N5O5. The van der Waals surface area contributed by atoms with E-state index in [1.807, 2.05) is 4.98 Å². The predicted molar refractivity (Wildman–Crippen MR) is 61.0 cm³/mol. The van der Waals surface area contributed by atoms with E-state index in [0.29, 0.717) is 0 Å². The van der Waals surface area contributed by atoms with Gasteiger partial charge in [-0.3, -0.25) is 14.3 Å². The average Bonchev–Trinajstić information content (AvgIpc) is 2.55. The van der Waals surface area contributed by atoms with Crippen LogP contribution in [0.3, 0.4) is 0 Å². The van der Waals surface area contributed by atoms with Crippen LogP contribution in [-0.2, 0) is 4.74 Å². The fourth-order valence-corrected chi connectivity index (χ4v) is 1.88. The van der Waals surface area contributed by atoms with Crippen molar-refractivity contribution < 1.29 is 14.9 Å². The van der Waals surface area contributed by atoms with E-state index in [9.17, 15) is 19.8 Å². The van der Waals surface area contributed by atoms with Crippen molar-refractivity contribution in [1.82, 2.24) is 9.55 Å². The third kappa shape index (κ3) is 2.13. The topological polar surface area (TPSA) is 153 Å². The molecule has 3 N–H and O–H groups in total. The largest absolute Gasteiger partial charge is 0.387 e. The van der Waals surface area contributed by atoms with Crippen molar-refractivity contribution in [3.63, 3.8) is 0 Å². The lowest BCUT2D eigenvalue weighted by atomic mass is 10.1. The van der Waals surface area contributed by atoms with Crippen LogP contribution in [0, 0.1) is 0 Å². The first-order chi connectivity index (χ1) is 8.89. The highest BCUT2D eigenvalue weighted by atomic mass is 16.6. The van der Waals surface area contributed by atoms with Crippen LogP contribution < -0.4 is 11.2 Å². The van der Waals surface area contributed by atoms with Gasteiger partial charge in [0.1, 0.15) is 12.2 Å². The maximum absolute atomic E-state index is 11.6. The van der Waals surface area contributed by atoms with Crippen molar-refractivity contribution >= 4 is 0 Å². The highest BCUT2D eigenvalue weighted by Crippen LogP contribution is 2.37. The van der Waals surface area contributed by atoms with Crippen molar-refractivity contribution in [1.29, 1.82) is 0 Å². The molecule has 102 valence electrons. The molecule has 1 fully saturated rings. The summed E-state index contributed by atoms with van der Waals surface area (Å²) < 4.78 is 6.14. The minimum absolute atomic E-state index is 0.605. The highest BCUT2D eigenvalue weighted by Gasteiger charge is 2.52. The fraction of sp³-hybridized carbons (Fsp3) is 0.556. The van der Waals surface area contributed by atoms with Gasteiger partial charge in [-0.05, 0) is 12.5 Å². The summed E-state index contributed by atoms with van der Waals surface area (Å²) in [4.78, 5) is 27.0. The van der Waals surface area contributed by atoms with E-state index in [4.69, 9.17) is 10.3 Å².